The van der Waals surface area contributed by atoms with Crippen LogP contribution in [0.25, 0.3) is 0 Å². The summed E-state index contributed by atoms with van der Waals surface area (Å²) in [7, 11) is 0. The highest BCUT2D eigenvalue weighted by atomic mass is 35.5. The van der Waals surface area contributed by atoms with Gasteiger partial charge in [0.15, 0.2) is 11.5 Å². The quantitative estimate of drug-likeness (QED) is 0.323. The molecule has 2 aromatic carbocycles. The van der Waals surface area contributed by atoms with E-state index < -0.39 is 18.4 Å². The zero-order valence-corrected chi connectivity index (χ0v) is 16.3. The van der Waals surface area contributed by atoms with Crippen LogP contribution >= 0.6 is 58.0 Å². The number of esters is 2. The minimum absolute atomic E-state index is 0.0313. The van der Waals surface area contributed by atoms with Crippen LogP contribution in [0.1, 0.15) is 12.0 Å². The summed E-state index contributed by atoms with van der Waals surface area (Å²) >= 11 is 29.5. The van der Waals surface area contributed by atoms with E-state index in [1.807, 2.05) is 0 Å². The summed E-state index contributed by atoms with van der Waals surface area (Å²) < 4.78 is 10.0. The Morgan fingerprint density at radius 2 is 1.12 bits per heavy atom. The van der Waals surface area contributed by atoms with E-state index in [0.29, 0.717) is 0 Å². The Morgan fingerprint density at radius 3 is 1.52 bits per heavy atom. The fourth-order valence-electron chi connectivity index (χ4n) is 1.83. The monoisotopic (exact) mass is 440 g/mol. The van der Waals surface area contributed by atoms with Crippen LogP contribution < -0.4 is 9.47 Å². The third-order valence-electron chi connectivity index (χ3n) is 2.83. The molecule has 0 radical (unpaired) electrons. The lowest BCUT2D eigenvalue weighted by Gasteiger charge is -2.10. The maximum Gasteiger partial charge on any atom is 0.322 e. The van der Waals surface area contributed by atoms with Crippen LogP contribution in [-0.4, -0.2) is 11.9 Å². The van der Waals surface area contributed by atoms with E-state index in [1.54, 1.807) is 19.1 Å². The molecular weight excluding hydrogens is 433 g/mol. The highest BCUT2D eigenvalue weighted by molar-refractivity contribution is 6.40. The smallest absolute Gasteiger partial charge is 0.322 e. The molecule has 0 aliphatic heterocycles. The Kier molecular flexibility index (Phi) is 6.83. The van der Waals surface area contributed by atoms with Crippen LogP contribution in [0.3, 0.4) is 0 Å². The molecule has 0 unspecified atom stereocenters. The van der Waals surface area contributed by atoms with Gasteiger partial charge in [-0.15, -0.1) is 0 Å². The van der Waals surface area contributed by atoms with Crippen LogP contribution in [0.5, 0.6) is 11.5 Å². The first kappa shape index (κ1) is 20.1. The van der Waals surface area contributed by atoms with Crippen molar-refractivity contribution in [2.24, 2.45) is 0 Å². The van der Waals surface area contributed by atoms with E-state index in [0.717, 1.165) is 5.56 Å². The average molecular weight is 443 g/mol. The lowest BCUT2D eigenvalue weighted by molar-refractivity contribution is -0.144. The van der Waals surface area contributed by atoms with E-state index in [4.69, 9.17) is 67.5 Å². The van der Waals surface area contributed by atoms with Crippen molar-refractivity contribution in [1.29, 1.82) is 0 Å². The summed E-state index contributed by atoms with van der Waals surface area (Å²) in [5.74, 6) is -1.96. The molecular formula is C16H9Cl5O4. The van der Waals surface area contributed by atoms with Gasteiger partial charge in [0.25, 0.3) is 0 Å². The van der Waals surface area contributed by atoms with Crippen molar-refractivity contribution in [2.75, 3.05) is 0 Å². The van der Waals surface area contributed by atoms with Gasteiger partial charge in [-0.3, -0.25) is 9.59 Å². The van der Waals surface area contributed by atoms with Crippen molar-refractivity contribution in [3.63, 3.8) is 0 Å². The highest BCUT2D eigenvalue weighted by Gasteiger charge is 2.20. The predicted octanol–water partition coefficient (Wildman–Crippen LogP) is 6.16. The normalized spacial score (nSPS) is 10.5. The molecule has 0 amide bonds. The second-order valence-corrected chi connectivity index (χ2v) is 6.95. The minimum Gasteiger partial charge on any atom is -0.423 e. The van der Waals surface area contributed by atoms with Crippen molar-refractivity contribution in [2.45, 2.75) is 13.3 Å². The summed E-state index contributed by atoms with van der Waals surface area (Å²) in [6.07, 6.45) is -0.699. The second-order valence-electron chi connectivity index (χ2n) is 4.88. The fourth-order valence-corrected chi connectivity index (χ4v) is 3.40. The Morgan fingerprint density at radius 1 is 0.760 bits per heavy atom. The Labute approximate surface area is 168 Å². The molecule has 0 heterocycles. The van der Waals surface area contributed by atoms with E-state index in [9.17, 15) is 9.59 Å². The number of carbonyl (C=O) groups excluding carboxylic acids is 2. The topological polar surface area (TPSA) is 52.6 Å². The second kappa shape index (κ2) is 8.47. The van der Waals surface area contributed by atoms with Crippen molar-refractivity contribution in [3.05, 3.63) is 54.9 Å². The van der Waals surface area contributed by atoms with E-state index in [2.05, 4.69) is 0 Å². The molecule has 0 aromatic heterocycles. The number of aryl methyl sites for hydroxylation is 1. The molecule has 0 saturated carbocycles. The van der Waals surface area contributed by atoms with Gasteiger partial charge in [0.1, 0.15) is 6.42 Å². The summed E-state index contributed by atoms with van der Waals surface area (Å²) in [5.41, 5.74) is 0.793. The lowest BCUT2D eigenvalue weighted by atomic mass is 10.2. The number of hydrogen-bond acceptors (Lipinski definition) is 4. The molecule has 0 atom stereocenters. The average Bonchev–Trinajstić information content (AvgIpc) is 2.46. The number of halogens is 5. The molecule has 2 rings (SSSR count). The number of ether oxygens (including phenoxy) is 2. The first-order chi connectivity index (χ1) is 11.7. The van der Waals surface area contributed by atoms with Gasteiger partial charge in [-0.2, -0.15) is 0 Å². The zero-order chi connectivity index (χ0) is 18.7. The van der Waals surface area contributed by atoms with Gasteiger partial charge in [0.05, 0.1) is 20.1 Å². The number of hydrogen-bond donors (Lipinski definition) is 0. The van der Waals surface area contributed by atoms with E-state index in [1.165, 1.54) is 12.1 Å². The maximum atomic E-state index is 11.9. The summed E-state index contributed by atoms with van der Waals surface area (Å²) in [6, 6.07) is 5.84. The van der Waals surface area contributed by atoms with Crippen molar-refractivity contribution in [1.82, 2.24) is 0 Å². The van der Waals surface area contributed by atoms with Crippen LogP contribution in [-0.2, 0) is 9.59 Å². The molecule has 0 saturated heterocycles. The van der Waals surface area contributed by atoms with Gasteiger partial charge >= 0.3 is 11.9 Å². The van der Waals surface area contributed by atoms with Crippen molar-refractivity contribution >= 4 is 69.9 Å². The number of rotatable bonds is 4. The fraction of sp³-hybridized carbons (Fsp3) is 0.125. The molecule has 2 aromatic rings. The van der Waals surface area contributed by atoms with Crippen LogP contribution in [0, 0.1) is 6.92 Å². The van der Waals surface area contributed by atoms with Gasteiger partial charge in [-0.25, -0.2) is 0 Å². The van der Waals surface area contributed by atoms with E-state index >= 15 is 0 Å². The molecule has 0 fully saturated rings. The lowest BCUT2D eigenvalue weighted by Crippen LogP contribution is -2.18. The van der Waals surface area contributed by atoms with Crippen molar-refractivity contribution in [3.8, 4) is 11.5 Å². The Balaban J connectivity index is 2.06. The standard InChI is InChI=1S/C16H9Cl5O4/c1-7-2-9(18)15(10(19)3-7)24-13(22)6-14(23)25-16-11(20)4-8(17)5-12(16)21/h2-5H,6H2,1H3. The molecule has 132 valence electrons. The van der Waals surface area contributed by atoms with Crippen molar-refractivity contribution < 1.29 is 19.1 Å². The van der Waals surface area contributed by atoms with Crippen LogP contribution in [0.2, 0.25) is 25.1 Å². The highest BCUT2D eigenvalue weighted by Crippen LogP contribution is 2.36. The van der Waals surface area contributed by atoms with E-state index in [-0.39, 0.29) is 36.6 Å². The molecule has 0 aliphatic carbocycles. The SMILES string of the molecule is Cc1cc(Cl)c(OC(=O)CC(=O)Oc2c(Cl)cc(Cl)cc2Cl)c(Cl)c1. The summed E-state index contributed by atoms with van der Waals surface area (Å²) in [6.45, 7) is 1.78. The van der Waals surface area contributed by atoms with Gasteiger partial charge in [0, 0.05) is 5.02 Å². The summed E-state index contributed by atoms with van der Waals surface area (Å²) in [4.78, 5) is 23.8. The largest absolute Gasteiger partial charge is 0.423 e. The first-order valence-electron chi connectivity index (χ1n) is 6.69. The molecule has 0 bridgehead atoms. The molecule has 4 nitrogen and oxygen atoms in total. The zero-order valence-electron chi connectivity index (χ0n) is 12.5. The van der Waals surface area contributed by atoms with Gasteiger partial charge < -0.3 is 9.47 Å². The van der Waals surface area contributed by atoms with Gasteiger partial charge in [0.2, 0.25) is 0 Å². The summed E-state index contributed by atoms with van der Waals surface area (Å²) in [5, 5.41) is 0.636. The van der Waals surface area contributed by atoms with Crippen LogP contribution in [0.4, 0.5) is 0 Å². The number of carbonyl (C=O) groups is 2. The Hall–Kier alpha value is -1.17. The molecule has 0 aliphatic rings. The Bertz CT molecular complexity index is 735. The third-order valence-corrected chi connectivity index (χ3v) is 4.17. The maximum absolute atomic E-state index is 11.9. The predicted molar refractivity (Wildman–Crippen MR) is 98.6 cm³/mol. The first-order valence-corrected chi connectivity index (χ1v) is 8.58. The van der Waals surface area contributed by atoms with Gasteiger partial charge in [-0.05, 0) is 36.8 Å². The minimum atomic E-state index is -0.921. The molecule has 0 N–H and O–H groups in total. The molecule has 0 spiro atoms. The third kappa shape index (κ3) is 5.40. The molecule has 9 heteroatoms. The van der Waals surface area contributed by atoms with Gasteiger partial charge in [-0.1, -0.05) is 58.0 Å². The number of benzene rings is 2. The molecule has 25 heavy (non-hydrogen) atoms. The van der Waals surface area contributed by atoms with Crippen LogP contribution in [0.15, 0.2) is 24.3 Å².